The Morgan fingerprint density at radius 3 is 2.69 bits per heavy atom. The molecule has 1 saturated heterocycles. The van der Waals surface area contributed by atoms with E-state index in [4.69, 9.17) is 11.6 Å². The minimum atomic E-state index is -3.05. The van der Waals surface area contributed by atoms with Crippen molar-refractivity contribution in [2.45, 2.75) is 39.0 Å². The molecular formula is C11H22ClNO2S. The van der Waals surface area contributed by atoms with Crippen LogP contribution in [-0.2, 0) is 10.0 Å². The van der Waals surface area contributed by atoms with Crippen molar-refractivity contribution in [3.8, 4) is 0 Å². The third kappa shape index (κ3) is 4.22. The first-order chi connectivity index (χ1) is 7.60. The van der Waals surface area contributed by atoms with E-state index in [0.717, 1.165) is 25.7 Å². The summed E-state index contributed by atoms with van der Waals surface area (Å²) in [5, 5.41) is 0. The van der Waals surface area contributed by atoms with Gasteiger partial charge in [-0.25, -0.2) is 12.7 Å². The molecule has 1 aliphatic rings. The molecule has 1 unspecified atom stereocenters. The van der Waals surface area contributed by atoms with Gasteiger partial charge in [0.05, 0.1) is 5.75 Å². The largest absolute Gasteiger partial charge is 0.214 e. The van der Waals surface area contributed by atoms with E-state index in [2.05, 4.69) is 6.92 Å². The minimum Gasteiger partial charge on any atom is -0.212 e. The van der Waals surface area contributed by atoms with Crippen LogP contribution in [-0.4, -0.2) is 37.4 Å². The van der Waals surface area contributed by atoms with Gasteiger partial charge in [0.2, 0.25) is 10.0 Å². The van der Waals surface area contributed by atoms with E-state index in [9.17, 15) is 8.42 Å². The quantitative estimate of drug-likeness (QED) is 0.718. The molecule has 0 aromatic rings. The van der Waals surface area contributed by atoms with Crippen molar-refractivity contribution < 1.29 is 8.42 Å². The van der Waals surface area contributed by atoms with Gasteiger partial charge in [0.1, 0.15) is 0 Å². The van der Waals surface area contributed by atoms with Gasteiger partial charge in [-0.05, 0) is 31.6 Å². The number of sulfonamides is 1. The van der Waals surface area contributed by atoms with E-state index in [-0.39, 0.29) is 5.75 Å². The third-order valence-electron chi connectivity index (χ3n) is 3.31. The van der Waals surface area contributed by atoms with Crippen molar-refractivity contribution in [3.05, 3.63) is 0 Å². The van der Waals surface area contributed by atoms with Crippen LogP contribution < -0.4 is 0 Å². The molecule has 5 heteroatoms. The zero-order chi connectivity index (χ0) is 12.0. The summed E-state index contributed by atoms with van der Waals surface area (Å²) in [6, 6.07) is 0. The Morgan fingerprint density at radius 1 is 1.31 bits per heavy atom. The summed E-state index contributed by atoms with van der Waals surface area (Å²) in [7, 11) is -3.05. The lowest BCUT2D eigenvalue weighted by Crippen LogP contribution is -2.34. The van der Waals surface area contributed by atoms with Gasteiger partial charge in [0.25, 0.3) is 0 Å². The van der Waals surface area contributed by atoms with Crippen LogP contribution in [0.15, 0.2) is 0 Å². The van der Waals surface area contributed by atoms with Crippen molar-refractivity contribution in [1.29, 1.82) is 0 Å². The SMILES string of the molecule is CCC1CCCN(S(=O)(=O)CCCCl)CC1. The molecule has 0 N–H and O–H groups in total. The van der Waals surface area contributed by atoms with Gasteiger partial charge in [-0.2, -0.15) is 0 Å². The summed E-state index contributed by atoms with van der Waals surface area (Å²) in [5.74, 6) is 1.33. The average molecular weight is 268 g/mol. The molecule has 96 valence electrons. The van der Waals surface area contributed by atoms with E-state index in [0.29, 0.717) is 31.3 Å². The first kappa shape index (κ1) is 14.3. The van der Waals surface area contributed by atoms with E-state index in [1.165, 1.54) is 0 Å². The van der Waals surface area contributed by atoms with Crippen LogP contribution in [0.3, 0.4) is 0 Å². The Kier molecular flexibility index (Phi) is 6.08. The van der Waals surface area contributed by atoms with E-state index in [1.54, 1.807) is 4.31 Å². The van der Waals surface area contributed by atoms with Gasteiger partial charge in [-0.1, -0.05) is 13.3 Å². The number of nitrogens with zero attached hydrogens (tertiary/aromatic N) is 1. The second kappa shape index (κ2) is 6.82. The number of halogens is 1. The van der Waals surface area contributed by atoms with E-state index < -0.39 is 10.0 Å². The first-order valence-corrected chi connectivity index (χ1v) is 8.28. The number of alkyl halides is 1. The van der Waals surface area contributed by atoms with Crippen LogP contribution in [0.1, 0.15) is 39.0 Å². The first-order valence-electron chi connectivity index (χ1n) is 6.14. The van der Waals surface area contributed by atoms with Crippen LogP contribution in [0.5, 0.6) is 0 Å². The van der Waals surface area contributed by atoms with Crippen molar-refractivity contribution in [2.24, 2.45) is 5.92 Å². The molecule has 0 amide bonds. The highest BCUT2D eigenvalue weighted by atomic mass is 35.5. The molecule has 0 aromatic carbocycles. The van der Waals surface area contributed by atoms with Crippen LogP contribution in [0.4, 0.5) is 0 Å². The predicted molar refractivity (Wildman–Crippen MR) is 68.3 cm³/mol. The smallest absolute Gasteiger partial charge is 0.212 e. The molecule has 1 fully saturated rings. The lowest BCUT2D eigenvalue weighted by atomic mass is 9.98. The lowest BCUT2D eigenvalue weighted by Gasteiger charge is -2.19. The standard InChI is InChI=1S/C11H22ClNO2S/c1-2-11-5-3-8-13(9-6-11)16(14,15)10-4-7-12/h11H,2-10H2,1H3. The fraction of sp³-hybridized carbons (Fsp3) is 1.00. The van der Waals surface area contributed by atoms with E-state index in [1.807, 2.05) is 0 Å². The Hall–Kier alpha value is 0.200. The zero-order valence-electron chi connectivity index (χ0n) is 9.99. The second-order valence-corrected chi connectivity index (χ2v) is 6.93. The molecule has 0 aliphatic carbocycles. The maximum Gasteiger partial charge on any atom is 0.214 e. The summed E-state index contributed by atoms with van der Waals surface area (Å²) in [5.41, 5.74) is 0. The predicted octanol–water partition coefficient (Wildman–Crippen LogP) is 2.46. The van der Waals surface area contributed by atoms with Crippen molar-refractivity contribution >= 4 is 21.6 Å². The van der Waals surface area contributed by atoms with Gasteiger partial charge in [0.15, 0.2) is 0 Å². The third-order valence-corrected chi connectivity index (χ3v) is 5.54. The van der Waals surface area contributed by atoms with Gasteiger partial charge < -0.3 is 0 Å². The summed E-state index contributed by atoms with van der Waals surface area (Å²) in [6.45, 7) is 3.58. The van der Waals surface area contributed by atoms with Crippen LogP contribution >= 0.6 is 11.6 Å². The molecule has 1 aliphatic heterocycles. The molecular weight excluding hydrogens is 246 g/mol. The molecule has 1 atom stereocenters. The molecule has 0 aromatic heterocycles. The zero-order valence-corrected chi connectivity index (χ0v) is 11.6. The Labute approximate surface area is 104 Å². The summed E-state index contributed by atoms with van der Waals surface area (Å²) < 4.78 is 25.6. The van der Waals surface area contributed by atoms with Gasteiger partial charge in [0, 0.05) is 19.0 Å². The maximum atomic E-state index is 12.0. The molecule has 3 nitrogen and oxygen atoms in total. The Bertz CT molecular complexity index is 292. The molecule has 0 radical (unpaired) electrons. The highest BCUT2D eigenvalue weighted by molar-refractivity contribution is 7.89. The topological polar surface area (TPSA) is 37.4 Å². The number of hydrogen-bond donors (Lipinski definition) is 0. The molecule has 0 saturated carbocycles. The van der Waals surface area contributed by atoms with Gasteiger partial charge in [-0.3, -0.25) is 0 Å². The number of rotatable bonds is 5. The molecule has 1 rings (SSSR count). The lowest BCUT2D eigenvalue weighted by molar-refractivity contribution is 0.407. The van der Waals surface area contributed by atoms with Crippen molar-refractivity contribution in [3.63, 3.8) is 0 Å². The monoisotopic (exact) mass is 267 g/mol. The molecule has 1 heterocycles. The van der Waals surface area contributed by atoms with Gasteiger partial charge >= 0.3 is 0 Å². The minimum absolute atomic E-state index is 0.202. The van der Waals surface area contributed by atoms with Crippen molar-refractivity contribution in [1.82, 2.24) is 4.31 Å². The maximum absolute atomic E-state index is 12.0. The number of hydrogen-bond acceptors (Lipinski definition) is 2. The molecule has 0 bridgehead atoms. The average Bonchev–Trinajstić information content (AvgIpc) is 2.51. The Balaban J connectivity index is 2.53. The van der Waals surface area contributed by atoms with Crippen molar-refractivity contribution in [2.75, 3.05) is 24.7 Å². The summed E-state index contributed by atoms with van der Waals surface area (Å²) in [4.78, 5) is 0. The highest BCUT2D eigenvalue weighted by Gasteiger charge is 2.24. The van der Waals surface area contributed by atoms with Crippen LogP contribution in [0.25, 0.3) is 0 Å². The fourth-order valence-electron chi connectivity index (χ4n) is 2.19. The normalized spacial score (nSPS) is 24.2. The fourth-order valence-corrected chi connectivity index (χ4v) is 4.04. The molecule has 0 spiro atoms. The second-order valence-electron chi connectivity index (χ2n) is 4.46. The highest BCUT2D eigenvalue weighted by Crippen LogP contribution is 2.22. The molecule has 16 heavy (non-hydrogen) atoms. The van der Waals surface area contributed by atoms with Crippen LogP contribution in [0, 0.1) is 5.92 Å². The summed E-state index contributed by atoms with van der Waals surface area (Å²) in [6.07, 6.45) is 4.89. The van der Waals surface area contributed by atoms with E-state index >= 15 is 0 Å². The van der Waals surface area contributed by atoms with Gasteiger partial charge in [-0.15, -0.1) is 11.6 Å². The Morgan fingerprint density at radius 2 is 2.06 bits per heavy atom. The summed E-state index contributed by atoms with van der Waals surface area (Å²) >= 11 is 5.54. The van der Waals surface area contributed by atoms with Crippen LogP contribution in [0.2, 0.25) is 0 Å².